The van der Waals surface area contributed by atoms with Gasteiger partial charge in [-0.15, -0.1) is 0 Å². The molecule has 0 saturated carbocycles. The number of halogens is 1. The van der Waals surface area contributed by atoms with Crippen molar-refractivity contribution >= 4 is 26.0 Å². The van der Waals surface area contributed by atoms with Gasteiger partial charge in [0.05, 0.1) is 19.1 Å². The fourth-order valence-electron chi connectivity index (χ4n) is 2.34. The first-order valence-electron chi connectivity index (χ1n) is 7.39. The van der Waals surface area contributed by atoms with Gasteiger partial charge in [0, 0.05) is 17.6 Å². The van der Waals surface area contributed by atoms with E-state index < -0.39 is 10.0 Å². The van der Waals surface area contributed by atoms with Gasteiger partial charge in [-0.1, -0.05) is 25.1 Å². The lowest BCUT2D eigenvalue weighted by Gasteiger charge is -2.22. The SMILES string of the molecule is CCN(Cc1ccc(OC)c(OC)c1)S(=O)(=O)c1ccccc1Br. The standard InChI is InChI=1S/C17H20BrNO4S/c1-4-19(24(20,21)17-8-6-5-7-14(17)18)12-13-9-10-15(22-2)16(11-13)23-3/h5-11H,4,12H2,1-3H3. The van der Waals surface area contributed by atoms with Crippen molar-refractivity contribution < 1.29 is 17.9 Å². The number of methoxy groups -OCH3 is 2. The van der Waals surface area contributed by atoms with Crippen LogP contribution in [-0.4, -0.2) is 33.5 Å². The highest BCUT2D eigenvalue weighted by Crippen LogP contribution is 2.30. The van der Waals surface area contributed by atoms with Gasteiger partial charge in [-0.25, -0.2) is 8.42 Å². The Morgan fingerprint density at radius 3 is 2.29 bits per heavy atom. The van der Waals surface area contributed by atoms with Crippen molar-refractivity contribution in [3.63, 3.8) is 0 Å². The lowest BCUT2D eigenvalue weighted by molar-refractivity contribution is 0.353. The largest absolute Gasteiger partial charge is 0.493 e. The van der Waals surface area contributed by atoms with E-state index in [1.54, 1.807) is 50.6 Å². The summed E-state index contributed by atoms with van der Waals surface area (Å²) in [6.07, 6.45) is 0. The molecule has 0 unspecified atom stereocenters. The van der Waals surface area contributed by atoms with Crippen LogP contribution in [0.4, 0.5) is 0 Å². The van der Waals surface area contributed by atoms with Crippen molar-refractivity contribution in [1.82, 2.24) is 4.31 Å². The van der Waals surface area contributed by atoms with Crippen molar-refractivity contribution in [2.24, 2.45) is 0 Å². The molecule has 2 aromatic rings. The molecule has 0 radical (unpaired) electrons. The van der Waals surface area contributed by atoms with Gasteiger partial charge >= 0.3 is 0 Å². The van der Waals surface area contributed by atoms with E-state index in [4.69, 9.17) is 9.47 Å². The average Bonchev–Trinajstić information content (AvgIpc) is 2.59. The molecule has 0 aliphatic carbocycles. The number of rotatable bonds is 7. The van der Waals surface area contributed by atoms with Crippen LogP contribution in [0.5, 0.6) is 11.5 Å². The van der Waals surface area contributed by atoms with E-state index in [0.29, 0.717) is 22.5 Å². The summed E-state index contributed by atoms with van der Waals surface area (Å²) in [6.45, 7) is 2.42. The number of benzene rings is 2. The van der Waals surface area contributed by atoms with E-state index >= 15 is 0 Å². The molecule has 7 heteroatoms. The van der Waals surface area contributed by atoms with Crippen LogP contribution in [0.3, 0.4) is 0 Å². The van der Waals surface area contributed by atoms with Gasteiger partial charge in [0.2, 0.25) is 10.0 Å². The molecule has 2 aromatic carbocycles. The molecule has 0 aliphatic rings. The van der Waals surface area contributed by atoms with Crippen LogP contribution in [0.25, 0.3) is 0 Å². The zero-order valence-electron chi connectivity index (χ0n) is 13.8. The van der Waals surface area contributed by atoms with Crippen LogP contribution in [-0.2, 0) is 16.6 Å². The monoisotopic (exact) mass is 413 g/mol. The summed E-state index contributed by atoms with van der Waals surface area (Å²) in [5.74, 6) is 1.18. The molecule has 0 spiro atoms. The van der Waals surface area contributed by atoms with E-state index in [9.17, 15) is 8.42 Å². The van der Waals surface area contributed by atoms with Gasteiger partial charge in [0.25, 0.3) is 0 Å². The molecule has 0 heterocycles. The van der Waals surface area contributed by atoms with E-state index in [2.05, 4.69) is 15.9 Å². The van der Waals surface area contributed by atoms with Crippen LogP contribution >= 0.6 is 15.9 Å². The highest BCUT2D eigenvalue weighted by Gasteiger charge is 2.25. The first kappa shape index (κ1) is 18.8. The fourth-order valence-corrected chi connectivity index (χ4v) is 4.74. The van der Waals surface area contributed by atoms with Crippen molar-refractivity contribution in [3.8, 4) is 11.5 Å². The van der Waals surface area contributed by atoms with Crippen LogP contribution in [0.1, 0.15) is 12.5 Å². The minimum atomic E-state index is -3.60. The molecule has 0 aromatic heterocycles. The van der Waals surface area contributed by atoms with Gasteiger partial charge < -0.3 is 9.47 Å². The zero-order valence-corrected chi connectivity index (χ0v) is 16.2. The summed E-state index contributed by atoms with van der Waals surface area (Å²) in [7, 11) is -0.485. The molecule has 5 nitrogen and oxygen atoms in total. The summed E-state index contributed by atoms with van der Waals surface area (Å²) < 4.78 is 38.3. The maximum absolute atomic E-state index is 12.9. The third kappa shape index (κ3) is 3.91. The normalized spacial score (nSPS) is 11.5. The maximum Gasteiger partial charge on any atom is 0.244 e. The van der Waals surface area contributed by atoms with E-state index in [-0.39, 0.29) is 11.4 Å². The Kier molecular flexibility index (Phi) is 6.26. The van der Waals surface area contributed by atoms with Crippen LogP contribution in [0.15, 0.2) is 51.8 Å². The van der Waals surface area contributed by atoms with Crippen molar-refractivity contribution in [1.29, 1.82) is 0 Å². The summed E-state index contributed by atoms with van der Waals surface area (Å²) in [5.41, 5.74) is 0.824. The molecule has 0 saturated heterocycles. The quantitative estimate of drug-likeness (QED) is 0.694. The number of hydrogen-bond donors (Lipinski definition) is 0. The van der Waals surface area contributed by atoms with E-state index in [1.807, 2.05) is 13.0 Å². The molecule has 0 fully saturated rings. The molecule has 0 amide bonds. The molecular weight excluding hydrogens is 394 g/mol. The smallest absolute Gasteiger partial charge is 0.244 e. The van der Waals surface area contributed by atoms with E-state index in [0.717, 1.165) is 5.56 Å². The predicted molar refractivity (Wildman–Crippen MR) is 97.0 cm³/mol. The summed E-state index contributed by atoms with van der Waals surface area (Å²) >= 11 is 3.31. The Balaban J connectivity index is 2.34. The number of ether oxygens (including phenoxy) is 2. The minimum absolute atomic E-state index is 0.251. The number of sulfonamides is 1. The van der Waals surface area contributed by atoms with Crippen molar-refractivity contribution in [2.75, 3.05) is 20.8 Å². The van der Waals surface area contributed by atoms with Crippen LogP contribution < -0.4 is 9.47 Å². The van der Waals surface area contributed by atoms with Gasteiger partial charge in [-0.2, -0.15) is 4.31 Å². The summed E-state index contributed by atoms with van der Waals surface area (Å²) in [5, 5.41) is 0. The van der Waals surface area contributed by atoms with Crippen LogP contribution in [0, 0.1) is 0 Å². The predicted octanol–water partition coefficient (Wildman–Crippen LogP) is 3.68. The lowest BCUT2D eigenvalue weighted by atomic mass is 10.2. The molecule has 0 aliphatic heterocycles. The summed E-state index contributed by atoms with van der Waals surface area (Å²) in [6, 6.07) is 12.2. The third-order valence-electron chi connectivity index (χ3n) is 3.61. The molecule has 0 atom stereocenters. The molecule has 130 valence electrons. The van der Waals surface area contributed by atoms with Gasteiger partial charge in [0.15, 0.2) is 11.5 Å². The number of nitrogens with zero attached hydrogens (tertiary/aromatic N) is 1. The van der Waals surface area contributed by atoms with Crippen molar-refractivity contribution in [2.45, 2.75) is 18.4 Å². The maximum atomic E-state index is 12.9. The lowest BCUT2D eigenvalue weighted by Crippen LogP contribution is -2.30. The number of hydrogen-bond acceptors (Lipinski definition) is 4. The van der Waals surface area contributed by atoms with Gasteiger partial charge in [0.1, 0.15) is 0 Å². The van der Waals surface area contributed by atoms with Crippen molar-refractivity contribution in [3.05, 3.63) is 52.5 Å². The molecule has 0 bridgehead atoms. The van der Waals surface area contributed by atoms with E-state index in [1.165, 1.54) is 4.31 Å². The average molecular weight is 414 g/mol. The first-order chi connectivity index (χ1) is 11.4. The second-order valence-corrected chi connectivity index (χ2v) is 7.81. The fraction of sp³-hybridized carbons (Fsp3) is 0.294. The Hall–Kier alpha value is -1.57. The van der Waals surface area contributed by atoms with Gasteiger partial charge in [-0.05, 0) is 45.8 Å². The highest BCUT2D eigenvalue weighted by molar-refractivity contribution is 9.10. The Bertz CT molecular complexity index is 808. The molecular formula is C17H20BrNO4S. The third-order valence-corrected chi connectivity index (χ3v) is 6.55. The first-order valence-corrected chi connectivity index (χ1v) is 9.63. The Morgan fingerprint density at radius 2 is 1.71 bits per heavy atom. The van der Waals surface area contributed by atoms with Gasteiger partial charge in [-0.3, -0.25) is 0 Å². The Labute approximate surface area is 151 Å². The molecule has 0 N–H and O–H groups in total. The highest BCUT2D eigenvalue weighted by atomic mass is 79.9. The zero-order chi connectivity index (χ0) is 17.7. The molecule has 24 heavy (non-hydrogen) atoms. The topological polar surface area (TPSA) is 55.8 Å². The molecule has 2 rings (SSSR count). The van der Waals surface area contributed by atoms with Crippen LogP contribution in [0.2, 0.25) is 0 Å². The second kappa shape index (κ2) is 8.00. The summed E-state index contributed by atoms with van der Waals surface area (Å²) in [4.78, 5) is 0.257. The minimum Gasteiger partial charge on any atom is -0.493 e. The Morgan fingerprint density at radius 1 is 1.04 bits per heavy atom. The second-order valence-electron chi connectivity index (χ2n) is 5.05.